The molecule has 3 aromatic rings. The normalized spacial score (nSPS) is 10.8. The number of nitrogen functional groups attached to an aromatic ring is 1. The second-order valence-corrected chi connectivity index (χ2v) is 6.77. The number of amides is 1. The van der Waals surface area contributed by atoms with Gasteiger partial charge in [0.25, 0.3) is 0 Å². The van der Waals surface area contributed by atoms with E-state index in [0.717, 1.165) is 17.3 Å². The SMILES string of the molecule is Cc1cc(CNC(=O)CSc2nnc(-c3ccc(F)cc3)n2N)ccc1F. The average Bonchev–Trinajstić information content (AvgIpc) is 3.02. The van der Waals surface area contributed by atoms with E-state index in [1.807, 2.05) is 0 Å². The van der Waals surface area contributed by atoms with Gasteiger partial charge in [-0.1, -0.05) is 23.9 Å². The lowest BCUT2D eigenvalue weighted by molar-refractivity contribution is -0.118. The Morgan fingerprint density at radius 1 is 1.19 bits per heavy atom. The molecule has 0 aliphatic heterocycles. The van der Waals surface area contributed by atoms with Gasteiger partial charge in [0, 0.05) is 12.1 Å². The molecule has 1 heterocycles. The third kappa shape index (κ3) is 4.62. The van der Waals surface area contributed by atoms with E-state index in [9.17, 15) is 13.6 Å². The number of aromatic nitrogens is 3. The molecule has 6 nitrogen and oxygen atoms in total. The molecule has 0 saturated carbocycles. The monoisotopic (exact) mass is 389 g/mol. The van der Waals surface area contributed by atoms with E-state index in [1.165, 1.54) is 22.9 Å². The zero-order valence-electron chi connectivity index (χ0n) is 14.4. The lowest BCUT2D eigenvalue weighted by Crippen LogP contribution is -2.25. The molecule has 0 fully saturated rings. The summed E-state index contributed by atoms with van der Waals surface area (Å²) < 4.78 is 27.5. The highest BCUT2D eigenvalue weighted by atomic mass is 32.2. The van der Waals surface area contributed by atoms with Crippen LogP contribution >= 0.6 is 11.8 Å². The van der Waals surface area contributed by atoms with Gasteiger partial charge in [-0.3, -0.25) is 4.79 Å². The summed E-state index contributed by atoms with van der Waals surface area (Å²) in [6.45, 7) is 1.97. The zero-order valence-corrected chi connectivity index (χ0v) is 15.3. The average molecular weight is 389 g/mol. The fourth-order valence-electron chi connectivity index (χ4n) is 2.37. The van der Waals surface area contributed by atoms with Crippen LogP contribution in [0.3, 0.4) is 0 Å². The first kappa shape index (κ1) is 18.8. The van der Waals surface area contributed by atoms with Crippen LogP contribution in [0.4, 0.5) is 8.78 Å². The molecule has 0 radical (unpaired) electrons. The van der Waals surface area contributed by atoms with Gasteiger partial charge in [0.15, 0.2) is 5.82 Å². The molecule has 27 heavy (non-hydrogen) atoms. The van der Waals surface area contributed by atoms with Crippen LogP contribution < -0.4 is 11.2 Å². The molecule has 0 atom stereocenters. The van der Waals surface area contributed by atoms with Gasteiger partial charge in [0.1, 0.15) is 11.6 Å². The van der Waals surface area contributed by atoms with Crippen LogP contribution in [0.1, 0.15) is 11.1 Å². The van der Waals surface area contributed by atoms with Crippen molar-refractivity contribution in [2.45, 2.75) is 18.6 Å². The van der Waals surface area contributed by atoms with E-state index >= 15 is 0 Å². The summed E-state index contributed by atoms with van der Waals surface area (Å²) in [5.41, 5.74) is 1.96. The Morgan fingerprint density at radius 3 is 2.63 bits per heavy atom. The standard InChI is InChI=1S/C18H17F2N5OS/c1-11-8-12(2-7-15(11)20)9-22-16(26)10-27-18-24-23-17(25(18)21)13-3-5-14(19)6-4-13/h2-8H,9-10,21H2,1H3,(H,22,26). The minimum atomic E-state index is -0.357. The minimum absolute atomic E-state index is 0.0962. The number of nitrogens with one attached hydrogen (secondary N) is 1. The lowest BCUT2D eigenvalue weighted by atomic mass is 10.1. The maximum atomic E-state index is 13.3. The molecular formula is C18H17F2N5OS. The number of nitrogens with two attached hydrogens (primary N) is 1. The van der Waals surface area contributed by atoms with Gasteiger partial charge in [-0.05, 0) is 48.4 Å². The zero-order chi connectivity index (χ0) is 19.4. The molecule has 3 rings (SSSR count). The van der Waals surface area contributed by atoms with Crippen LogP contribution in [0.15, 0.2) is 47.6 Å². The van der Waals surface area contributed by atoms with Crippen molar-refractivity contribution in [3.05, 3.63) is 65.2 Å². The summed E-state index contributed by atoms with van der Waals surface area (Å²) in [4.78, 5) is 12.0. The Hall–Kier alpha value is -2.94. The van der Waals surface area contributed by atoms with E-state index < -0.39 is 0 Å². The molecule has 1 amide bonds. The molecule has 0 aliphatic carbocycles. The summed E-state index contributed by atoms with van der Waals surface area (Å²) in [6.07, 6.45) is 0. The molecule has 0 spiro atoms. The van der Waals surface area contributed by atoms with Crippen LogP contribution in [0.25, 0.3) is 11.4 Å². The molecule has 9 heteroatoms. The molecule has 0 unspecified atom stereocenters. The van der Waals surface area contributed by atoms with E-state index in [1.54, 1.807) is 31.2 Å². The van der Waals surface area contributed by atoms with Crippen molar-refractivity contribution in [3.63, 3.8) is 0 Å². The van der Waals surface area contributed by atoms with E-state index in [2.05, 4.69) is 15.5 Å². The van der Waals surface area contributed by atoms with Gasteiger partial charge in [-0.2, -0.15) is 0 Å². The van der Waals surface area contributed by atoms with Crippen LogP contribution in [-0.2, 0) is 11.3 Å². The molecule has 0 bridgehead atoms. The number of carbonyl (C=O) groups is 1. The maximum Gasteiger partial charge on any atom is 0.230 e. The van der Waals surface area contributed by atoms with Crippen molar-refractivity contribution >= 4 is 17.7 Å². The number of aryl methyl sites for hydroxylation is 1. The van der Waals surface area contributed by atoms with Crippen LogP contribution in [-0.4, -0.2) is 26.5 Å². The molecular weight excluding hydrogens is 372 g/mol. The van der Waals surface area contributed by atoms with Crippen molar-refractivity contribution < 1.29 is 13.6 Å². The Morgan fingerprint density at radius 2 is 1.93 bits per heavy atom. The third-order valence-corrected chi connectivity index (χ3v) is 4.75. The Kier molecular flexibility index (Phi) is 5.70. The maximum absolute atomic E-state index is 13.3. The Balaban J connectivity index is 1.56. The highest BCUT2D eigenvalue weighted by Gasteiger charge is 2.14. The molecule has 3 N–H and O–H groups in total. The number of carbonyl (C=O) groups excluding carboxylic acids is 1. The van der Waals surface area contributed by atoms with Crippen LogP contribution in [0, 0.1) is 18.6 Å². The lowest BCUT2D eigenvalue weighted by Gasteiger charge is -2.07. The van der Waals surface area contributed by atoms with Gasteiger partial charge < -0.3 is 11.2 Å². The smallest absolute Gasteiger partial charge is 0.230 e. The van der Waals surface area contributed by atoms with Crippen molar-refractivity contribution in [1.82, 2.24) is 20.2 Å². The van der Waals surface area contributed by atoms with Gasteiger partial charge in [0.2, 0.25) is 11.1 Å². The second-order valence-electron chi connectivity index (χ2n) is 5.83. The Labute approximate surface area is 158 Å². The summed E-state index contributed by atoms with van der Waals surface area (Å²) in [5.74, 6) is 5.59. The number of hydrogen-bond donors (Lipinski definition) is 2. The first-order chi connectivity index (χ1) is 12.9. The fraction of sp³-hybridized carbons (Fsp3) is 0.167. The molecule has 2 aromatic carbocycles. The molecule has 140 valence electrons. The van der Waals surface area contributed by atoms with E-state index in [4.69, 9.17) is 5.84 Å². The van der Waals surface area contributed by atoms with Crippen molar-refractivity contribution in [1.29, 1.82) is 0 Å². The first-order valence-corrected chi connectivity index (χ1v) is 9.03. The quantitative estimate of drug-likeness (QED) is 0.500. The predicted octanol–water partition coefficient (Wildman–Crippen LogP) is 2.65. The summed E-state index contributed by atoms with van der Waals surface area (Å²) in [6, 6.07) is 10.4. The molecule has 0 saturated heterocycles. The number of hydrogen-bond acceptors (Lipinski definition) is 5. The van der Waals surface area contributed by atoms with Crippen molar-refractivity contribution in [2.24, 2.45) is 0 Å². The number of thioether (sulfide) groups is 1. The highest BCUT2D eigenvalue weighted by molar-refractivity contribution is 7.99. The van der Waals surface area contributed by atoms with Crippen molar-refractivity contribution in [3.8, 4) is 11.4 Å². The van der Waals surface area contributed by atoms with Gasteiger partial charge in [-0.15, -0.1) is 10.2 Å². The second kappa shape index (κ2) is 8.17. The van der Waals surface area contributed by atoms with Crippen LogP contribution in [0.5, 0.6) is 0 Å². The molecule has 1 aromatic heterocycles. The third-order valence-electron chi connectivity index (χ3n) is 3.81. The van der Waals surface area contributed by atoms with E-state index in [-0.39, 0.29) is 23.3 Å². The van der Waals surface area contributed by atoms with Crippen LogP contribution in [0.2, 0.25) is 0 Å². The van der Waals surface area contributed by atoms with Gasteiger partial charge in [-0.25, -0.2) is 13.5 Å². The minimum Gasteiger partial charge on any atom is -0.351 e. The van der Waals surface area contributed by atoms with Gasteiger partial charge >= 0.3 is 0 Å². The summed E-state index contributed by atoms with van der Waals surface area (Å²) in [7, 11) is 0. The Bertz CT molecular complexity index is 959. The molecule has 0 aliphatic rings. The summed E-state index contributed by atoms with van der Waals surface area (Å²) in [5, 5.41) is 11.1. The number of benzene rings is 2. The van der Waals surface area contributed by atoms with Gasteiger partial charge in [0.05, 0.1) is 5.75 Å². The highest BCUT2D eigenvalue weighted by Crippen LogP contribution is 2.21. The van der Waals surface area contributed by atoms with E-state index in [0.29, 0.717) is 28.7 Å². The predicted molar refractivity (Wildman–Crippen MR) is 99.3 cm³/mol. The topological polar surface area (TPSA) is 85.8 Å². The number of halogens is 2. The number of rotatable bonds is 6. The summed E-state index contributed by atoms with van der Waals surface area (Å²) >= 11 is 1.13. The number of nitrogens with zero attached hydrogens (tertiary/aromatic N) is 3. The van der Waals surface area contributed by atoms with Crippen molar-refractivity contribution in [2.75, 3.05) is 11.6 Å². The first-order valence-electron chi connectivity index (χ1n) is 8.05. The fourth-order valence-corrected chi connectivity index (χ4v) is 3.06. The largest absolute Gasteiger partial charge is 0.351 e.